The monoisotopic (exact) mass is 412 g/mol. The van der Waals surface area contributed by atoms with Crippen LogP contribution < -0.4 is 15.6 Å². The zero-order chi connectivity index (χ0) is 18.5. The number of hydrogen-bond acceptors (Lipinski definition) is 3. The number of pyridine rings is 1. The Kier molecular flexibility index (Phi) is 5.53. The average molecular weight is 413 g/mol. The largest absolute Gasteiger partial charge is 0.497 e. The first-order valence-electron chi connectivity index (χ1n) is 7.96. The van der Waals surface area contributed by atoms with E-state index in [0.29, 0.717) is 18.0 Å². The highest BCUT2D eigenvalue weighted by Crippen LogP contribution is 2.17. The number of carbonyl (C=O) groups excluding carboxylic acids is 1. The number of rotatable bonds is 5. The first kappa shape index (κ1) is 17.9. The number of nitrogens with zero attached hydrogens (tertiary/aromatic N) is 1. The quantitative estimate of drug-likeness (QED) is 0.690. The van der Waals surface area contributed by atoms with Gasteiger partial charge in [0.2, 0.25) is 0 Å². The van der Waals surface area contributed by atoms with Crippen molar-refractivity contribution in [3.63, 3.8) is 0 Å². The fourth-order valence-corrected chi connectivity index (χ4v) is 2.78. The predicted molar refractivity (Wildman–Crippen MR) is 105 cm³/mol. The van der Waals surface area contributed by atoms with Crippen LogP contribution in [0.4, 0.5) is 5.69 Å². The summed E-state index contributed by atoms with van der Waals surface area (Å²) in [6, 6.07) is 17.9. The number of nitrogens with one attached hydrogen (secondary N) is 1. The Labute approximate surface area is 159 Å². The number of carbonyl (C=O) groups is 1. The minimum atomic E-state index is -0.451. The lowest BCUT2D eigenvalue weighted by atomic mass is 10.2. The number of aromatic nitrogens is 1. The van der Waals surface area contributed by atoms with Gasteiger partial charge in [0.05, 0.1) is 13.7 Å². The molecule has 0 saturated carbocycles. The molecule has 3 rings (SSSR count). The highest BCUT2D eigenvalue weighted by atomic mass is 79.9. The maximum atomic E-state index is 12.7. The van der Waals surface area contributed by atoms with Crippen molar-refractivity contribution in [2.45, 2.75) is 6.54 Å². The molecule has 1 aromatic heterocycles. The Bertz CT molecular complexity index is 981. The van der Waals surface area contributed by atoms with E-state index in [1.54, 1.807) is 43.6 Å². The molecule has 1 amide bonds. The molecular formula is C20H17BrN2O3. The van der Waals surface area contributed by atoms with Crippen molar-refractivity contribution in [2.24, 2.45) is 0 Å². The van der Waals surface area contributed by atoms with Crippen molar-refractivity contribution >= 4 is 27.5 Å². The minimum Gasteiger partial charge on any atom is -0.497 e. The van der Waals surface area contributed by atoms with Crippen molar-refractivity contribution in [1.82, 2.24) is 4.57 Å². The number of halogens is 1. The van der Waals surface area contributed by atoms with E-state index in [-0.39, 0.29) is 11.1 Å². The van der Waals surface area contributed by atoms with Crippen molar-refractivity contribution in [1.29, 1.82) is 0 Å². The summed E-state index contributed by atoms with van der Waals surface area (Å²) in [5.41, 5.74) is 1.29. The van der Waals surface area contributed by atoms with Gasteiger partial charge < -0.3 is 14.6 Å². The van der Waals surface area contributed by atoms with Crippen LogP contribution in [0.1, 0.15) is 15.9 Å². The topological polar surface area (TPSA) is 60.3 Å². The molecule has 132 valence electrons. The Morgan fingerprint density at radius 2 is 1.88 bits per heavy atom. The van der Waals surface area contributed by atoms with Gasteiger partial charge in [-0.3, -0.25) is 9.59 Å². The summed E-state index contributed by atoms with van der Waals surface area (Å²) in [6.45, 7) is 0.395. The fraction of sp³-hybridized carbons (Fsp3) is 0.100. The maximum absolute atomic E-state index is 12.7. The number of benzene rings is 2. The molecule has 0 atom stereocenters. The van der Waals surface area contributed by atoms with Crippen LogP contribution in [0.3, 0.4) is 0 Å². The van der Waals surface area contributed by atoms with Gasteiger partial charge in [-0.15, -0.1) is 0 Å². The normalized spacial score (nSPS) is 10.4. The van der Waals surface area contributed by atoms with Gasteiger partial charge in [-0.1, -0.05) is 34.1 Å². The second kappa shape index (κ2) is 8.01. The number of anilines is 1. The van der Waals surface area contributed by atoms with Gasteiger partial charge in [0, 0.05) is 22.4 Å². The average Bonchev–Trinajstić information content (AvgIpc) is 2.65. The highest BCUT2D eigenvalue weighted by Gasteiger charge is 2.13. The fourth-order valence-electron chi connectivity index (χ4n) is 2.52. The molecule has 6 heteroatoms. The standard InChI is InChI=1S/C20H17BrN2O3/c1-26-17-5-2-4-16(12-17)22-19(24)18-6-3-11-23(20(18)25)13-14-7-9-15(21)10-8-14/h2-12H,13H2,1H3,(H,22,24). The van der Waals surface area contributed by atoms with Crippen molar-refractivity contribution in [3.05, 3.63) is 92.8 Å². The summed E-state index contributed by atoms with van der Waals surface area (Å²) in [7, 11) is 1.55. The van der Waals surface area contributed by atoms with Crippen LogP contribution in [0.15, 0.2) is 76.1 Å². The number of methoxy groups -OCH3 is 1. The van der Waals surface area contributed by atoms with Gasteiger partial charge in [-0.2, -0.15) is 0 Å². The van der Waals surface area contributed by atoms with E-state index >= 15 is 0 Å². The first-order chi connectivity index (χ1) is 12.6. The Morgan fingerprint density at radius 1 is 1.12 bits per heavy atom. The molecule has 0 unspecified atom stereocenters. The lowest BCUT2D eigenvalue weighted by molar-refractivity contribution is 0.102. The third-order valence-electron chi connectivity index (χ3n) is 3.86. The van der Waals surface area contributed by atoms with Crippen LogP contribution in [0.25, 0.3) is 0 Å². The second-order valence-corrected chi connectivity index (χ2v) is 6.58. The predicted octanol–water partition coefficient (Wildman–Crippen LogP) is 3.92. The van der Waals surface area contributed by atoms with Gasteiger partial charge in [0.25, 0.3) is 11.5 Å². The van der Waals surface area contributed by atoms with E-state index in [1.807, 2.05) is 24.3 Å². The minimum absolute atomic E-state index is 0.0902. The molecular weight excluding hydrogens is 396 g/mol. The van der Waals surface area contributed by atoms with E-state index in [4.69, 9.17) is 4.74 Å². The summed E-state index contributed by atoms with van der Waals surface area (Å²) in [5.74, 6) is 0.178. The molecule has 1 N–H and O–H groups in total. The van der Waals surface area contributed by atoms with Crippen molar-refractivity contribution in [2.75, 3.05) is 12.4 Å². The van der Waals surface area contributed by atoms with Crippen molar-refractivity contribution in [3.8, 4) is 5.75 Å². The van der Waals surface area contributed by atoms with Crippen LogP contribution in [0.5, 0.6) is 5.75 Å². The molecule has 2 aromatic carbocycles. The molecule has 0 aliphatic rings. The lowest BCUT2D eigenvalue weighted by Gasteiger charge is -2.10. The molecule has 0 fully saturated rings. The van der Waals surface area contributed by atoms with Gasteiger partial charge in [-0.05, 0) is 42.0 Å². The third kappa shape index (κ3) is 4.21. The number of ether oxygens (including phenoxy) is 1. The number of hydrogen-bond donors (Lipinski definition) is 1. The van der Waals surface area contributed by atoms with E-state index in [2.05, 4.69) is 21.2 Å². The first-order valence-corrected chi connectivity index (χ1v) is 8.75. The molecule has 0 bridgehead atoms. The van der Waals surface area contributed by atoms with Crippen LogP contribution in [0, 0.1) is 0 Å². The smallest absolute Gasteiger partial charge is 0.263 e. The molecule has 26 heavy (non-hydrogen) atoms. The Morgan fingerprint density at radius 3 is 2.62 bits per heavy atom. The molecule has 0 spiro atoms. The van der Waals surface area contributed by atoms with Crippen LogP contribution in [-0.2, 0) is 6.54 Å². The molecule has 3 aromatic rings. The lowest BCUT2D eigenvalue weighted by Crippen LogP contribution is -2.29. The zero-order valence-electron chi connectivity index (χ0n) is 14.1. The molecule has 5 nitrogen and oxygen atoms in total. The summed E-state index contributed by atoms with van der Waals surface area (Å²) >= 11 is 3.39. The van der Waals surface area contributed by atoms with E-state index in [1.165, 1.54) is 10.6 Å². The SMILES string of the molecule is COc1cccc(NC(=O)c2cccn(Cc3ccc(Br)cc3)c2=O)c1. The number of amides is 1. The van der Waals surface area contributed by atoms with Crippen LogP contribution >= 0.6 is 15.9 Å². The van der Waals surface area contributed by atoms with E-state index in [9.17, 15) is 9.59 Å². The third-order valence-corrected chi connectivity index (χ3v) is 4.39. The molecule has 0 aliphatic carbocycles. The van der Waals surface area contributed by atoms with Gasteiger partial charge in [0.1, 0.15) is 11.3 Å². The zero-order valence-corrected chi connectivity index (χ0v) is 15.7. The van der Waals surface area contributed by atoms with E-state index in [0.717, 1.165) is 10.0 Å². The highest BCUT2D eigenvalue weighted by molar-refractivity contribution is 9.10. The summed E-state index contributed by atoms with van der Waals surface area (Å²) in [6.07, 6.45) is 1.67. The summed E-state index contributed by atoms with van der Waals surface area (Å²) in [4.78, 5) is 25.2. The Hall–Kier alpha value is -2.86. The van der Waals surface area contributed by atoms with E-state index < -0.39 is 5.91 Å². The van der Waals surface area contributed by atoms with Gasteiger partial charge in [-0.25, -0.2) is 0 Å². The molecule has 0 aliphatic heterocycles. The molecule has 0 saturated heterocycles. The van der Waals surface area contributed by atoms with Crippen molar-refractivity contribution < 1.29 is 9.53 Å². The van der Waals surface area contributed by atoms with Crippen LogP contribution in [0.2, 0.25) is 0 Å². The van der Waals surface area contributed by atoms with Gasteiger partial charge >= 0.3 is 0 Å². The van der Waals surface area contributed by atoms with Crippen LogP contribution in [-0.4, -0.2) is 17.6 Å². The molecule has 0 radical (unpaired) electrons. The Balaban J connectivity index is 1.82. The summed E-state index contributed by atoms with van der Waals surface area (Å²) < 4.78 is 7.63. The maximum Gasteiger partial charge on any atom is 0.263 e. The molecule has 1 heterocycles. The summed E-state index contributed by atoms with van der Waals surface area (Å²) in [5, 5.41) is 2.73. The van der Waals surface area contributed by atoms with Gasteiger partial charge in [0.15, 0.2) is 0 Å². The second-order valence-electron chi connectivity index (χ2n) is 5.67.